The summed E-state index contributed by atoms with van der Waals surface area (Å²) >= 11 is 0. The highest BCUT2D eigenvalue weighted by atomic mass is 19.1. The third kappa shape index (κ3) is 4.84. The van der Waals surface area contributed by atoms with E-state index in [1.807, 2.05) is 0 Å². The largest absolute Gasteiger partial charge is 0.478 e. The molecule has 0 fully saturated rings. The Kier molecular flexibility index (Phi) is 5.78. The minimum Gasteiger partial charge on any atom is -0.478 e. The normalized spacial score (nSPS) is 10.9. The molecule has 0 atom stereocenters. The third-order valence-electron chi connectivity index (χ3n) is 2.63. The molecule has 0 aliphatic carbocycles. The zero-order valence-electron chi connectivity index (χ0n) is 10.8. The van der Waals surface area contributed by atoms with Crippen LogP contribution in [-0.4, -0.2) is 17.7 Å². The van der Waals surface area contributed by atoms with Gasteiger partial charge in [-0.15, -0.1) is 0 Å². The molecule has 0 aliphatic rings. The van der Waals surface area contributed by atoms with Gasteiger partial charge in [-0.1, -0.05) is 19.9 Å². The number of carboxylic acid groups (broad SMARTS) is 1. The van der Waals surface area contributed by atoms with Crippen molar-refractivity contribution in [3.8, 4) is 0 Å². The lowest BCUT2D eigenvalue weighted by molar-refractivity contribution is 0.0696. The lowest BCUT2D eigenvalue weighted by Gasteiger charge is -2.07. The average molecular weight is 254 g/mol. The number of carboxylic acids is 1. The Bertz CT molecular complexity index is 402. The fourth-order valence-electron chi connectivity index (χ4n) is 1.57. The van der Waals surface area contributed by atoms with E-state index in [9.17, 15) is 9.18 Å². The summed E-state index contributed by atoms with van der Waals surface area (Å²) in [5, 5.41) is 8.70. The molecule has 100 valence electrons. The van der Waals surface area contributed by atoms with Crippen LogP contribution in [0.3, 0.4) is 0 Å². The van der Waals surface area contributed by atoms with E-state index in [1.54, 1.807) is 0 Å². The molecular formula is C14H19FO3. The average Bonchev–Trinajstić information content (AvgIpc) is 2.29. The van der Waals surface area contributed by atoms with Crippen LogP contribution < -0.4 is 0 Å². The first kappa shape index (κ1) is 14.6. The quantitative estimate of drug-likeness (QED) is 0.758. The standard InChI is InChI=1S/C14H19FO3/c1-10(2)4-3-7-18-9-12-6-5-11(14(16)17)8-13(12)15/h5-6,8,10H,3-4,7,9H2,1-2H3,(H,16,17). The van der Waals surface area contributed by atoms with Gasteiger partial charge in [0, 0.05) is 12.2 Å². The van der Waals surface area contributed by atoms with E-state index in [2.05, 4.69) is 13.8 Å². The first-order valence-corrected chi connectivity index (χ1v) is 6.10. The highest BCUT2D eigenvalue weighted by molar-refractivity contribution is 5.87. The summed E-state index contributed by atoms with van der Waals surface area (Å²) in [7, 11) is 0. The summed E-state index contributed by atoms with van der Waals surface area (Å²) in [5.74, 6) is -1.02. The van der Waals surface area contributed by atoms with Crippen LogP contribution in [0.15, 0.2) is 18.2 Å². The molecule has 0 bridgehead atoms. The van der Waals surface area contributed by atoms with Crippen molar-refractivity contribution >= 4 is 5.97 Å². The van der Waals surface area contributed by atoms with E-state index in [4.69, 9.17) is 9.84 Å². The molecule has 0 spiro atoms. The van der Waals surface area contributed by atoms with Crippen LogP contribution in [0.1, 0.15) is 42.6 Å². The lowest BCUT2D eigenvalue weighted by atomic mass is 10.1. The van der Waals surface area contributed by atoms with E-state index in [0.717, 1.165) is 18.9 Å². The Morgan fingerprint density at radius 3 is 2.72 bits per heavy atom. The molecule has 0 saturated heterocycles. The van der Waals surface area contributed by atoms with Gasteiger partial charge in [0.1, 0.15) is 5.82 Å². The summed E-state index contributed by atoms with van der Waals surface area (Å²) in [6.45, 7) is 5.07. The van der Waals surface area contributed by atoms with E-state index in [-0.39, 0.29) is 12.2 Å². The third-order valence-corrected chi connectivity index (χ3v) is 2.63. The van der Waals surface area contributed by atoms with Gasteiger partial charge in [0.15, 0.2) is 0 Å². The molecule has 1 N–H and O–H groups in total. The number of halogens is 1. The fraction of sp³-hybridized carbons (Fsp3) is 0.500. The minimum absolute atomic E-state index is 0.0453. The molecule has 1 aromatic rings. The van der Waals surface area contributed by atoms with Crippen molar-refractivity contribution in [2.45, 2.75) is 33.3 Å². The van der Waals surface area contributed by atoms with Gasteiger partial charge < -0.3 is 9.84 Å². The van der Waals surface area contributed by atoms with Crippen molar-refractivity contribution in [1.29, 1.82) is 0 Å². The lowest BCUT2D eigenvalue weighted by Crippen LogP contribution is -2.02. The fourth-order valence-corrected chi connectivity index (χ4v) is 1.57. The molecule has 0 amide bonds. The van der Waals surface area contributed by atoms with Gasteiger partial charge in [-0.05, 0) is 30.9 Å². The van der Waals surface area contributed by atoms with Gasteiger partial charge in [0.05, 0.1) is 12.2 Å². The highest BCUT2D eigenvalue weighted by Gasteiger charge is 2.08. The second kappa shape index (κ2) is 7.11. The Balaban J connectivity index is 2.41. The zero-order valence-corrected chi connectivity index (χ0v) is 10.8. The van der Waals surface area contributed by atoms with Gasteiger partial charge >= 0.3 is 5.97 Å². The minimum atomic E-state index is -1.13. The Morgan fingerprint density at radius 2 is 2.17 bits per heavy atom. The Morgan fingerprint density at radius 1 is 1.44 bits per heavy atom. The predicted molar refractivity (Wildman–Crippen MR) is 67.1 cm³/mol. The molecule has 0 heterocycles. The van der Waals surface area contributed by atoms with E-state index in [0.29, 0.717) is 18.1 Å². The zero-order chi connectivity index (χ0) is 13.5. The van der Waals surface area contributed by atoms with Crippen molar-refractivity contribution < 1.29 is 19.0 Å². The number of aromatic carboxylic acids is 1. The maximum Gasteiger partial charge on any atom is 0.335 e. The molecule has 0 aromatic heterocycles. The summed E-state index contributed by atoms with van der Waals surface area (Å²) < 4.78 is 18.9. The van der Waals surface area contributed by atoms with Crippen LogP contribution in [0.25, 0.3) is 0 Å². The molecule has 0 aliphatic heterocycles. The van der Waals surface area contributed by atoms with Crippen molar-refractivity contribution in [1.82, 2.24) is 0 Å². The van der Waals surface area contributed by atoms with E-state index in [1.165, 1.54) is 12.1 Å². The van der Waals surface area contributed by atoms with Crippen LogP contribution in [0.4, 0.5) is 4.39 Å². The molecule has 0 saturated carbocycles. The van der Waals surface area contributed by atoms with Gasteiger partial charge in [0.25, 0.3) is 0 Å². The molecule has 4 heteroatoms. The summed E-state index contributed by atoms with van der Waals surface area (Å²) in [4.78, 5) is 10.6. The monoisotopic (exact) mass is 254 g/mol. The molecule has 3 nitrogen and oxygen atoms in total. The second-order valence-electron chi connectivity index (χ2n) is 4.70. The SMILES string of the molecule is CC(C)CCCOCc1ccc(C(=O)O)cc1F. The summed E-state index contributed by atoms with van der Waals surface area (Å²) in [5.41, 5.74) is 0.348. The number of carbonyl (C=O) groups is 1. The van der Waals surface area contributed by atoms with Gasteiger partial charge in [-0.3, -0.25) is 0 Å². The smallest absolute Gasteiger partial charge is 0.335 e. The summed E-state index contributed by atoms with van der Waals surface area (Å²) in [6.07, 6.45) is 2.03. The number of hydrogen-bond acceptors (Lipinski definition) is 2. The Labute approximate surface area is 107 Å². The molecule has 1 aromatic carbocycles. The van der Waals surface area contributed by atoms with Crippen LogP contribution in [-0.2, 0) is 11.3 Å². The van der Waals surface area contributed by atoms with Crippen molar-refractivity contribution in [3.05, 3.63) is 35.1 Å². The molecule has 0 unspecified atom stereocenters. The first-order valence-electron chi connectivity index (χ1n) is 6.10. The number of ether oxygens (including phenoxy) is 1. The van der Waals surface area contributed by atoms with Crippen molar-refractivity contribution in [2.24, 2.45) is 5.92 Å². The van der Waals surface area contributed by atoms with Gasteiger partial charge in [-0.25, -0.2) is 9.18 Å². The van der Waals surface area contributed by atoms with Crippen LogP contribution >= 0.6 is 0 Å². The predicted octanol–water partition coefficient (Wildman–Crippen LogP) is 3.48. The van der Waals surface area contributed by atoms with E-state index < -0.39 is 11.8 Å². The number of hydrogen-bond donors (Lipinski definition) is 1. The Hall–Kier alpha value is -1.42. The molecule has 18 heavy (non-hydrogen) atoms. The van der Waals surface area contributed by atoms with Crippen molar-refractivity contribution in [3.63, 3.8) is 0 Å². The second-order valence-corrected chi connectivity index (χ2v) is 4.70. The molecule has 0 radical (unpaired) electrons. The first-order chi connectivity index (χ1) is 8.50. The highest BCUT2D eigenvalue weighted by Crippen LogP contribution is 2.12. The summed E-state index contributed by atoms with van der Waals surface area (Å²) in [6, 6.07) is 3.87. The van der Waals surface area contributed by atoms with E-state index >= 15 is 0 Å². The van der Waals surface area contributed by atoms with Crippen LogP contribution in [0.5, 0.6) is 0 Å². The van der Waals surface area contributed by atoms with Crippen LogP contribution in [0.2, 0.25) is 0 Å². The van der Waals surface area contributed by atoms with Crippen LogP contribution in [0, 0.1) is 11.7 Å². The van der Waals surface area contributed by atoms with Crippen molar-refractivity contribution in [2.75, 3.05) is 6.61 Å². The van der Waals surface area contributed by atoms with Gasteiger partial charge in [-0.2, -0.15) is 0 Å². The van der Waals surface area contributed by atoms with Gasteiger partial charge in [0.2, 0.25) is 0 Å². The maximum atomic E-state index is 13.5. The topological polar surface area (TPSA) is 46.5 Å². The number of rotatable bonds is 7. The maximum absolute atomic E-state index is 13.5. The molecule has 1 rings (SSSR count). The molecular weight excluding hydrogens is 235 g/mol. The number of benzene rings is 1.